The average Bonchev–Trinajstić information content (AvgIpc) is 2.78. The largest absolute Gasteiger partial charge is 0.468 e. The van der Waals surface area contributed by atoms with Crippen LogP contribution in [0.3, 0.4) is 0 Å². The zero-order valence-corrected chi connectivity index (χ0v) is 16.8. The van der Waals surface area contributed by atoms with Crippen molar-refractivity contribution in [2.45, 2.75) is 5.92 Å². The summed E-state index contributed by atoms with van der Waals surface area (Å²) in [6.45, 7) is 0.297. The predicted octanol–water partition coefficient (Wildman–Crippen LogP) is 4.74. The minimum atomic E-state index is -0.353. The van der Waals surface area contributed by atoms with E-state index in [0.29, 0.717) is 17.1 Å². The number of hydrogen-bond acceptors (Lipinski definition) is 6. The number of nitrogens with zero attached hydrogens (tertiary/aromatic N) is 1. The molecule has 0 aliphatic rings. The Morgan fingerprint density at radius 2 is 1.23 bits per heavy atom. The van der Waals surface area contributed by atoms with E-state index in [9.17, 15) is 10.1 Å². The van der Waals surface area contributed by atoms with Crippen LogP contribution < -0.4 is 9.47 Å². The molecule has 7 nitrogen and oxygen atoms in total. The van der Waals surface area contributed by atoms with E-state index in [0.717, 1.165) is 11.1 Å². The van der Waals surface area contributed by atoms with Gasteiger partial charge in [-0.1, -0.05) is 42.5 Å². The highest BCUT2D eigenvalue weighted by atomic mass is 16.7. The standard InChI is InChI=1S/C23H23NO6/c1-27-15-29-19-11-7-17(8-12-19)23(21-5-3-4-6-22(21)24(25)26)18-9-13-20(14-10-18)30-16-28-2/h3-14,23H,15-16H2,1-2H3. The molecule has 0 aliphatic heterocycles. The first-order valence-corrected chi connectivity index (χ1v) is 9.30. The van der Waals surface area contributed by atoms with Gasteiger partial charge in [0.25, 0.3) is 5.69 Å². The summed E-state index contributed by atoms with van der Waals surface area (Å²) in [6.07, 6.45) is 0. The van der Waals surface area contributed by atoms with Gasteiger partial charge < -0.3 is 18.9 Å². The predicted molar refractivity (Wildman–Crippen MR) is 112 cm³/mol. The van der Waals surface area contributed by atoms with Crippen LogP contribution >= 0.6 is 0 Å². The van der Waals surface area contributed by atoms with Crippen LogP contribution in [-0.2, 0) is 9.47 Å². The van der Waals surface area contributed by atoms with Gasteiger partial charge in [0.2, 0.25) is 0 Å². The van der Waals surface area contributed by atoms with Crippen LogP contribution in [0.2, 0.25) is 0 Å². The van der Waals surface area contributed by atoms with E-state index in [1.54, 1.807) is 26.4 Å². The molecule has 30 heavy (non-hydrogen) atoms. The Bertz CT molecular complexity index is 905. The molecule has 0 heterocycles. The molecule has 3 rings (SSSR count). The van der Waals surface area contributed by atoms with Crippen molar-refractivity contribution in [1.82, 2.24) is 0 Å². The van der Waals surface area contributed by atoms with E-state index in [1.165, 1.54) is 6.07 Å². The van der Waals surface area contributed by atoms with E-state index in [1.807, 2.05) is 54.6 Å². The van der Waals surface area contributed by atoms with Gasteiger partial charge in [0.1, 0.15) is 11.5 Å². The fourth-order valence-corrected chi connectivity index (χ4v) is 3.22. The van der Waals surface area contributed by atoms with Gasteiger partial charge in [-0.25, -0.2) is 0 Å². The molecule has 3 aromatic carbocycles. The van der Waals surface area contributed by atoms with Crippen LogP contribution in [0.15, 0.2) is 72.8 Å². The quantitative estimate of drug-likeness (QED) is 0.208. The summed E-state index contributed by atoms with van der Waals surface area (Å²) in [5.41, 5.74) is 2.49. The van der Waals surface area contributed by atoms with E-state index in [-0.39, 0.29) is 30.1 Å². The molecule has 0 fully saturated rings. The second kappa shape index (κ2) is 10.4. The molecule has 0 bridgehead atoms. The van der Waals surface area contributed by atoms with Crippen LogP contribution in [0.4, 0.5) is 5.69 Å². The maximum atomic E-state index is 11.7. The third-order valence-electron chi connectivity index (χ3n) is 4.56. The zero-order valence-electron chi connectivity index (χ0n) is 16.8. The molecule has 156 valence electrons. The number of nitro groups is 1. The summed E-state index contributed by atoms with van der Waals surface area (Å²) in [5, 5.41) is 11.7. The molecular formula is C23H23NO6. The second-order valence-electron chi connectivity index (χ2n) is 6.49. The summed E-state index contributed by atoms with van der Waals surface area (Å²) in [6, 6.07) is 21.7. The first kappa shape index (κ1) is 21.3. The van der Waals surface area contributed by atoms with Gasteiger partial charge in [0, 0.05) is 31.8 Å². The van der Waals surface area contributed by atoms with Crippen molar-refractivity contribution in [3.63, 3.8) is 0 Å². The van der Waals surface area contributed by atoms with Crippen LogP contribution in [0.1, 0.15) is 22.6 Å². The maximum Gasteiger partial charge on any atom is 0.273 e. The van der Waals surface area contributed by atoms with Gasteiger partial charge >= 0.3 is 0 Å². The Labute approximate surface area is 174 Å². The van der Waals surface area contributed by atoms with Gasteiger partial charge in [-0.15, -0.1) is 0 Å². The molecular weight excluding hydrogens is 386 g/mol. The van der Waals surface area contributed by atoms with E-state index < -0.39 is 0 Å². The normalized spacial score (nSPS) is 10.8. The summed E-state index contributed by atoms with van der Waals surface area (Å²) >= 11 is 0. The van der Waals surface area contributed by atoms with E-state index in [4.69, 9.17) is 18.9 Å². The second-order valence-corrected chi connectivity index (χ2v) is 6.49. The molecule has 3 aromatic rings. The molecule has 0 radical (unpaired) electrons. The minimum Gasteiger partial charge on any atom is -0.468 e. The lowest BCUT2D eigenvalue weighted by atomic mass is 9.84. The van der Waals surface area contributed by atoms with Crippen molar-refractivity contribution >= 4 is 5.69 Å². The van der Waals surface area contributed by atoms with Crippen LogP contribution in [0.5, 0.6) is 11.5 Å². The highest BCUT2D eigenvalue weighted by molar-refractivity contribution is 5.53. The van der Waals surface area contributed by atoms with Crippen LogP contribution in [0, 0.1) is 10.1 Å². The number of benzene rings is 3. The fraction of sp³-hybridized carbons (Fsp3) is 0.217. The fourth-order valence-electron chi connectivity index (χ4n) is 3.22. The van der Waals surface area contributed by atoms with Crippen molar-refractivity contribution in [2.24, 2.45) is 0 Å². The maximum absolute atomic E-state index is 11.7. The lowest BCUT2D eigenvalue weighted by molar-refractivity contribution is -0.385. The van der Waals surface area contributed by atoms with Crippen molar-refractivity contribution in [3.05, 3.63) is 99.6 Å². The number of methoxy groups -OCH3 is 2. The van der Waals surface area contributed by atoms with E-state index in [2.05, 4.69) is 0 Å². The van der Waals surface area contributed by atoms with Crippen molar-refractivity contribution < 1.29 is 23.9 Å². The molecule has 0 saturated carbocycles. The Balaban J connectivity index is 2.02. The topological polar surface area (TPSA) is 80.1 Å². The molecule has 0 spiro atoms. The summed E-state index contributed by atoms with van der Waals surface area (Å²) < 4.78 is 20.8. The van der Waals surface area contributed by atoms with E-state index >= 15 is 0 Å². The average molecular weight is 409 g/mol. The first-order chi connectivity index (χ1) is 14.6. The van der Waals surface area contributed by atoms with Gasteiger partial charge in [-0.3, -0.25) is 10.1 Å². The number of ether oxygens (including phenoxy) is 4. The number of nitro benzene ring substituents is 1. The monoisotopic (exact) mass is 409 g/mol. The molecule has 0 unspecified atom stereocenters. The molecule has 0 aliphatic carbocycles. The Hall–Kier alpha value is -3.42. The smallest absolute Gasteiger partial charge is 0.273 e. The zero-order chi connectivity index (χ0) is 21.3. The Kier molecular flexibility index (Phi) is 7.37. The molecule has 0 amide bonds. The SMILES string of the molecule is COCOc1ccc(C(c2ccc(OCOC)cc2)c2ccccc2[N+](=O)[O-])cc1. The summed E-state index contributed by atoms with van der Waals surface area (Å²) in [7, 11) is 3.11. The summed E-state index contributed by atoms with van der Waals surface area (Å²) in [4.78, 5) is 11.3. The molecule has 0 saturated heterocycles. The third kappa shape index (κ3) is 5.14. The molecule has 0 aromatic heterocycles. The lowest BCUT2D eigenvalue weighted by Crippen LogP contribution is -2.07. The number of hydrogen-bond donors (Lipinski definition) is 0. The van der Waals surface area contributed by atoms with Gasteiger partial charge in [0.05, 0.1) is 4.92 Å². The molecule has 7 heteroatoms. The van der Waals surface area contributed by atoms with Crippen LogP contribution in [-0.4, -0.2) is 32.7 Å². The minimum absolute atomic E-state index is 0.0712. The Morgan fingerprint density at radius 3 is 1.67 bits per heavy atom. The van der Waals surface area contributed by atoms with Gasteiger partial charge in [0.15, 0.2) is 13.6 Å². The number of para-hydroxylation sites is 1. The molecule has 0 atom stereocenters. The Morgan fingerprint density at radius 1 is 0.767 bits per heavy atom. The van der Waals surface area contributed by atoms with Crippen molar-refractivity contribution in [3.8, 4) is 11.5 Å². The highest BCUT2D eigenvalue weighted by Gasteiger charge is 2.25. The highest BCUT2D eigenvalue weighted by Crippen LogP contribution is 2.38. The number of rotatable bonds is 10. The van der Waals surface area contributed by atoms with Gasteiger partial charge in [-0.05, 0) is 35.4 Å². The van der Waals surface area contributed by atoms with Gasteiger partial charge in [-0.2, -0.15) is 0 Å². The first-order valence-electron chi connectivity index (χ1n) is 9.30. The van der Waals surface area contributed by atoms with Crippen molar-refractivity contribution in [2.75, 3.05) is 27.8 Å². The third-order valence-corrected chi connectivity index (χ3v) is 4.56. The molecule has 0 N–H and O–H groups in total. The summed E-state index contributed by atoms with van der Waals surface area (Å²) in [5.74, 6) is 0.981. The van der Waals surface area contributed by atoms with Crippen molar-refractivity contribution in [1.29, 1.82) is 0 Å². The lowest BCUT2D eigenvalue weighted by Gasteiger charge is -2.19. The van der Waals surface area contributed by atoms with Crippen LogP contribution in [0.25, 0.3) is 0 Å².